The average molecular weight is 306 g/mol. The molecule has 0 bridgehead atoms. The molecule has 0 spiro atoms. The van der Waals surface area contributed by atoms with Crippen molar-refractivity contribution in [3.05, 3.63) is 52.3 Å². The Morgan fingerprint density at radius 1 is 1.38 bits per heavy atom. The van der Waals surface area contributed by atoms with Gasteiger partial charge < -0.3 is 10.5 Å². The Balaban J connectivity index is 2.01. The topological polar surface area (TPSA) is 53.1 Å². The number of hydrogen-bond acceptors (Lipinski definition) is 3. The number of rotatable bonds is 3. The summed E-state index contributed by atoms with van der Waals surface area (Å²) < 4.78 is 7.84. The molecule has 4 nitrogen and oxygen atoms in total. The van der Waals surface area contributed by atoms with Gasteiger partial charge in [-0.2, -0.15) is 5.10 Å². The minimum Gasteiger partial charge on any atom is -0.371 e. The molecule has 1 aliphatic rings. The van der Waals surface area contributed by atoms with Crippen molar-refractivity contribution in [1.29, 1.82) is 0 Å². The highest BCUT2D eigenvalue weighted by molar-refractivity contribution is 6.31. The second kappa shape index (κ2) is 5.79. The predicted octanol–water partition coefficient (Wildman–Crippen LogP) is 3.43. The Morgan fingerprint density at radius 3 is 2.90 bits per heavy atom. The molecule has 0 saturated heterocycles. The first kappa shape index (κ1) is 14.6. The molecule has 0 saturated carbocycles. The van der Waals surface area contributed by atoms with Crippen molar-refractivity contribution < 1.29 is 4.74 Å². The first-order chi connectivity index (χ1) is 10.1. The number of ether oxygens (including phenoxy) is 1. The van der Waals surface area contributed by atoms with Gasteiger partial charge in [-0.25, -0.2) is 0 Å². The molecule has 2 atom stereocenters. The van der Waals surface area contributed by atoms with Gasteiger partial charge in [0.25, 0.3) is 0 Å². The fourth-order valence-corrected chi connectivity index (χ4v) is 3.20. The van der Waals surface area contributed by atoms with Gasteiger partial charge in [-0.1, -0.05) is 35.9 Å². The van der Waals surface area contributed by atoms with E-state index in [1.807, 2.05) is 10.7 Å². The second-order valence-corrected chi connectivity index (χ2v) is 6.09. The lowest BCUT2D eigenvalue weighted by Crippen LogP contribution is -2.29. The molecule has 0 radical (unpaired) electrons. The Hall–Kier alpha value is -1.36. The number of hydrogen-bond donors (Lipinski definition) is 1. The van der Waals surface area contributed by atoms with Crippen LogP contribution >= 0.6 is 11.6 Å². The van der Waals surface area contributed by atoms with Crippen LogP contribution in [0.2, 0.25) is 5.02 Å². The largest absolute Gasteiger partial charge is 0.371 e. The quantitative estimate of drug-likeness (QED) is 0.945. The van der Waals surface area contributed by atoms with Gasteiger partial charge in [0, 0.05) is 6.04 Å². The molecule has 0 fully saturated rings. The van der Waals surface area contributed by atoms with Crippen molar-refractivity contribution in [3.8, 4) is 0 Å². The van der Waals surface area contributed by atoms with E-state index in [2.05, 4.69) is 37.1 Å². The Bertz CT molecular complexity index is 638. The lowest BCUT2D eigenvalue weighted by atomic mass is 9.92. The van der Waals surface area contributed by atoms with E-state index in [0.717, 1.165) is 17.7 Å². The summed E-state index contributed by atoms with van der Waals surface area (Å²) in [6.07, 6.45) is 2.41. The van der Waals surface area contributed by atoms with Crippen molar-refractivity contribution in [1.82, 2.24) is 9.78 Å². The molecule has 3 rings (SSSR count). The van der Waals surface area contributed by atoms with E-state index < -0.39 is 0 Å². The number of nitrogens with zero attached hydrogens (tertiary/aromatic N) is 2. The second-order valence-electron chi connectivity index (χ2n) is 5.68. The van der Waals surface area contributed by atoms with Gasteiger partial charge in [-0.15, -0.1) is 0 Å². The summed E-state index contributed by atoms with van der Waals surface area (Å²) in [5.74, 6) is 0. The fourth-order valence-electron chi connectivity index (χ4n) is 2.94. The zero-order chi connectivity index (χ0) is 15.0. The number of nitrogens with two attached hydrogens (primary N) is 1. The SMILES string of the molecule is CC(C)n1ncc(Cl)c1C(N)C1OCCc2ccccc21. The smallest absolute Gasteiger partial charge is 0.104 e. The van der Waals surface area contributed by atoms with Crippen LogP contribution in [0.1, 0.15) is 48.9 Å². The summed E-state index contributed by atoms with van der Waals surface area (Å²) in [6, 6.07) is 8.18. The molecule has 2 N–H and O–H groups in total. The predicted molar refractivity (Wildman–Crippen MR) is 83.4 cm³/mol. The molecule has 0 amide bonds. The summed E-state index contributed by atoms with van der Waals surface area (Å²) >= 11 is 6.31. The third-order valence-corrected chi connectivity index (χ3v) is 4.24. The zero-order valence-corrected chi connectivity index (χ0v) is 13.0. The number of aromatic nitrogens is 2. The Morgan fingerprint density at radius 2 is 2.14 bits per heavy atom. The van der Waals surface area contributed by atoms with Crippen LogP contribution in [-0.4, -0.2) is 16.4 Å². The van der Waals surface area contributed by atoms with Crippen molar-refractivity contribution in [3.63, 3.8) is 0 Å². The van der Waals surface area contributed by atoms with E-state index in [1.165, 1.54) is 5.56 Å². The van der Waals surface area contributed by atoms with Crippen LogP contribution < -0.4 is 5.73 Å². The van der Waals surface area contributed by atoms with Crippen molar-refractivity contribution in [2.75, 3.05) is 6.61 Å². The third kappa shape index (κ3) is 2.59. The average Bonchev–Trinajstić information content (AvgIpc) is 2.88. The number of fused-ring (bicyclic) bond motifs is 1. The molecule has 21 heavy (non-hydrogen) atoms. The molecule has 2 heterocycles. The molecular formula is C16H20ClN3O. The highest BCUT2D eigenvalue weighted by atomic mass is 35.5. The van der Waals surface area contributed by atoms with Crippen LogP contribution in [0, 0.1) is 0 Å². The zero-order valence-electron chi connectivity index (χ0n) is 12.3. The van der Waals surface area contributed by atoms with E-state index in [0.29, 0.717) is 11.6 Å². The van der Waals surface area contributed by atoms with Gasteiger partial charge in [-0.05, 0) is 31.4 Å². The standard InChI is InChI=1S/C16H20ClN3O/c1-10(2)20-15(13(17)9-19-20)14(18)16-12-6-4-3-5-11(12)7-8-21-16/h3-6,9-10,14,16H,7-8,18H2,1-2H3. The van der Waals surface area contributed by atoms with E-state index >= 15 is 0 Å². The summed E-state index contributed by atoms with van der Waals surface area (Å²) in [5, 5.41) is 4.94. The summed E-state index contributed by atoms with van der Waals surface area (Å²) in [7, 11) is 0. The number of halogens is 1. The molecule has 2 aromatic rings. The van der Waals surface area contributed by atoms with E-state index in [-0.39, 0.29) is 18.2 Å². The van der Waals surface area contributed by atoms with E-state index in [4.69, 9.17) is 22.1 Å². The van der Waals surface area contributed by atoms with Gasteiger partial charge in [0.15, 0.2) is 0 Å². The lowest BCUT2D eigenvalue weighted by Gasteiger charge is -2.31. The molecule has 112 valence electrons. The fraction of sp³-hybridized carbons (Fsp3) is 0.438. The maximum atomic E-state index is 6.50. The van der Waals surface area contributed by atoms with Gasteiger partial charge in [0.2, 0.25) is 0 Å². The summed E-state index contributed by atoms with van der Waals surface area (Å²) in [5.41, 5.74) is 9.80. The first-order valence-electron chi connectivity index (χ1n) is 7.27. The minimum absolute atomic E-state index is 0.179. The lowest BCUT2D eigenvalue weighted by molar-refractivity contribution is 0.0220. The molecule has 1 aliphatic heterocycles. The Labute approximate surface area is 129 Å². The first-order valence-corrected chi connectivity index (χ1v) is 7.65. The van der Waals surface area contributed by atoms with Gasteiger partial charge in [0.05, 0.1) is 29.6 Å². The van der Waals surface area contributed by atoms with Crippen molar-refractivity contribution in [2.45, 2.75) is 38.5 Å². The normalized spacial score (nSPS) is 19.6. The maximum absolute atomic E-state index is 6.50. The molecule has 1 aromatic heterocycles. The van der Waals surface area contributed by atoms with Gasteiger partial charge in [-0.3, -0.25) is 4.68 Å². The number of benzene rings is 1. The van der Waals surface area contributed by atoms with E-state index in [9.17, 15) is 0 Å². The van der Waals surface area contributed by atoms with Crippen LogP contribution in [0.5, 0.6) is 0 Å². The van der Waals surface area contributed by atoms with Gasteiger partial charge in [0.1, 0.15) is 6.10 Å². The van der Waals surface area contributed by atoms with Crippen molar-refractivity contribution in [2.24, 2.45) is 5.73 Å². The minimum atomic E-state index is -0.330. The monoisotopic (exact) mass is 305 g/mol. The van der Waals surface area contributed by atoms with E-state index in [1.54, 1.807) is 6.20 Å². The summed E-state index contributed by atoms with van der Waals surface area (Å²) in [6.45, 7) is 4.81. The third-order valence-electron chi connectivity index (χ3n) is 3.95. The molecule has 5 heteroatoms. The maximum Gasteiger partial charge on any atom is 0.104 e. The highest BCUT2D eigenvalue weighted by Crippen LogP contribution is 2.38. The molecular weight excluding hydrogens is 286 g/mol. The van der Waals surface area contributed by atoms with Crippen LogP contribution in [0.4, 0.5) is 0 Å². The molecule has 2 unspecified atom stereocenters. The molecule has 0 aliphatic carbocycles. The van der Waals surface area contributed by atoms with Crippen LogP contribution in [0.3, 0.4) is 0 Å². The van der Waals surface area contributed by atoms with Gasteiger partial charge >= 0.3 is 0 Å². The highest BCUT2D eigenvalue weighted by Gasteiger charge is 2.31. The van der Waals surface area contributed by atoms with Crippen LogP contribution in [0.25, 0.3) is 0 Å². The molecule has 1 aromatic carbocycles. The summed E-state index contributed by atoms with van der Waals surface area (Å²) in [4.78, 5) is 0. The Kier molecular flexibility index (Phi) is 4.02. The van der Waals surface area contributed by atoms with Crippen molar-refractivity contribution >= 4 is 11.6 Å². The van der Waals surface area contributed by atoms with Crippen LogP contribution in [-0.2, 0) is 11.2 Å². The van der Waals surface area contributed by atoms with Crippen LogP contribution in [0.15, 0.2) is 30.5 Å².